The zero-order chi connectivity index (χ0) is 8.15. The molecular weight excluding hydrogens is 144 g/mol. The monoisotopic (exact) mass is 160 g/mol. The number of carboxylic acid groups (broad SMARTS) is 1. The van der Waals surface area contributed by atoms with Crippen molar-refractivity contribution in [1.29, 1.82) is 0 Å². The molecule has 0 spiro atoms. The van der Waals surface area contributed by atoms with E-state index in [2.05, 4.69) is 0 Å². The quantitative estimate of drug-likeness (QED) is 0.681. The molecule has 0 rings (SSSR count). The molecular formula is C8H16O3. The molecule has 0 aromatic carbocycles. The lowest BCUT2D eigenvalue weighted by atomic mass is 10.1. The third-order valence-corrected chi connectivity index (χ3v) is 1.23. The molecule has 0 aliphatic heterocycles. The Hall–Kier alpha value is -0.860. The first-order chi connectivity index (χ1) is 4.54. The van der Waals surface area contributed by atoms with Crippen LogP contribution in [0.4, 0.5) is 0 Å². The van der Waals surface area contributed by atoms with E-state index in [0.717, 1.165) is 0 Å². The maximum Gasteiger partial charge on any atom is 0.303 e. The first kappa shape index (κ1) is 12.8. The van der Waals surface area contributed by atoms with Crippen molar-refractivity contribution in [2.45, 2.75) is 34.1 Å². The fraction of sp³-hybridized carbons (Fsp3) is 0.750. The number of carbonyl (C=O) groups excluding carboxylic acids is 1. The average molecular weight is 160 g/mol. The van der Waals surface area contributed by atoms with Crippen LogP contribution in [0.5, 0.6) is 0 Å². The Labute approximate surface area is 67.4 Å². The molecule has 3 nitrogen and oxygen atoms in total. The van der Waals surface area contributed by atoms with Crippen molar-refractivity contribution in [3.63, 3.8) is 0 Å². The minimum absolute atomic E-state index is 0. The summed E-state index contributed by atoms with van der Waals surface area (Å²) in [6.45, 7) is 3.54. The third-order valence-electron chi connectivity index (χ3n) is 1.23. The van der Waals surface area contributed by atoms with Crippen LogP contribution in [-0.2, 0) is 9.59 Å². The summed E-state index contributed by atoms with van der Waals surface area (Å²) in [5, 5.41) is 8.19. The van der Waals surface area contributed by atoms with Crippen LogP contribution < -0.4 is 0 Å². The van der Waals surface area contributed by atoms with Gasteiger partial charge in [-0.05, 0) is 0 Å². The van der Waals surface area contributed by atoms with Crippen molar-refractivity contribution in [1.82, 2.24) is 0 Å². The number of hydrogen-bond acceptors (Lipinski definition) is 2. The van der Waals surface area contributed by atoms with Crippen molar-refractivity contribution < 1.29 is 14.7 Å². The van der Waals surface area contributed by atoms with Crippen LogP contribution in [-0.4, -0.2) is 16.9 Å². The molecule has 0 heterocycles. The Morgan fingerprint density at radius 1 is 1.27 bits per heavy atom. The summed E-state index contributed by atoms with van der Waals surface area (Å²) < 4.78 is 0. The predicted molar refractivity (Wildman–Crippen MR) is 43.4 cm³/mol. The standard InChI is InChI=1S/C7H12O3.CH4/c1-5(2)6(8)3-4-7(9)10;/h5H,3-4H2,1-2H3,(H,9,10);1H4. The highest BCUT2D eigenvalue weighted by Crippen LogP contribution is 2.00. The third kappa shape index (κ3) is 7.03. The molecule has 0 aromatic rings. The van der Waals surface area contributed by atoms with Gasteiger partial charge in [-0.2, -0.15) is 0 Å². The van der Waals surface area contributed by atoms with Crippen LogP contribution in [0.1, 0.15) is 34.1 Å². The topological polar surface area (TPSA) is 54.4 Å². The molecule has 0 aromatic heterocycles. The summed E-state index contributed by atoms with van der Waals surface area (Å²) in [6, 6.07) is 0. The zero-order valence-electron chi connectivity index (χ0n) is 6.26. The summed E-state index contributed by atoms with van der Waals surface area (Å²) in [5.41, 5.74) is 0. The van der Waals surface area contributed by atoms with Crippen molar-refractivity contribution in [2.75, 3.05) is 0 Å². The van der Waals surface area contributed by atoms with Crippen LogP contribution in [0, 0.1) is 5.92 Å². The largest absolute Gasteiger partial charge is 0.481 e. The maximum atomic E-state index is 10.8. The van der Waals surface area contributed by atoms with E-state index in [1.165, 1.54) is 0 Å². The second-order valence-electron chi connectivity index (χ2n) is 2.51. The summed E-state index contributed by atoms with van der Waals surface area (Å²) in [6.07, 6.45) is 0.115. The van der Waals surface area contributed by atoms with E-state index in [0.29, 0.717) is 0 Å². The van der Waals surface area contributed by atoms with Crippen LogP contribution in [0.2, 0.25) is 0 Å². The van der Waals surface area contributed by atoms with E-state index in [1.807, 2.05) is 0 Å². The molecule has 0 bridgehead atoms. The predicted octanol–water partition coefficient (Wildman–Crippen LogP) is 1.71. The molecule has 11 heavy (non-hydrogen) atoms. The van der Waals surface area contributed by atoms with Gasteiger partial charge in [0.2, 0.25) is 0 Å². The minimum atomic E-state index is -0.908. The normalized spacial score (nSPS) is 9.00. The van der Waals surface area contributed by atoms with Crippen LogP contribution in [0.25, 0.3) is 0 Å². The van der Waals surface area contributed by atoms with E-state index in [1.54, 1.807) is 13.8 Å². The van der Waals surface area contributed by atoms with Gasteiger partial charge in [-0.1, -0.05) is 21.3 Å². The first-order valence-electron chi connectivity index (χ1n) is 3.28. The van der Waals surface area contributed by atoms with Crippen molar-refractivity contribution in [3.8, 4) is 0 Å². The highest BCUT2D eigenvalue weighted by Gasteiger charge is 2.08. The summed E-state index contributed by atoms with van der Waals surface area (Å²) in [4.78, 5) is 20.8. The van der Waals surface area contributed by atoms with Crippen LogP contribution >= 0.6 is 0 Å². The molecule has 0 saturated heterocycles. The number of hydrogen-bond donors (Lipinski definition) is 1. The van der Waals surface area contributed by atoms with Crippen LogP contribution in [0.15, 0.2) is 0 Å². The number of ketones is 1. The van der Waals surface area contributed by atoms with Crippen LogP contribution in [0.3, 0.4) is 0 Å². The van der Waals surface area contributed by atoms with Gasteiger partial charge in [0.25, 0.3) is 0 Å². The Morgan fingerprint density at radius 3 is 2.00 bits per heavy atom. The van der Waals surface area contributed by atoms with E-state index in [-0.39, 0.29) is 32.0 Å². The highest BCUT2D eigenvalue weighted by molar-refractivity contribution is 5.83. The number of aliphatic carboxylic acids is 1. The lowest BCUT2D eigenvalue weighted by Crippen LogP contribution is -2.08. The number of rotatable bonds is 4. The molecule has 0 fully saturated rings. The van der Waals surface area contributed by atoms with Gasteiger partial charge < -0.3 is 5.11 Å². The smallest absolute Gasteiger partial charge is 0.303 e. The van der Waals surface area contributed by atoms with Crippen molar-refractivity contribution in [3.05, 3.63) is 0 Å². The molecule has 3 heteroatoms. The minimum Gasteiger partial charge on any atom is -0.481 e. The molecule has 0 unspecified atom stereocenters. The van der Waals surface area contributed by atoms with Gasteiger partial charge >= 0.3 is 5.97 Å². The molecule has 66 valence electrons. The number of Topliss-reactive ketones (excluding diaryl/α,β-unsaturated/α-hetero) is 1. The van der Waals surface area contributed by atoms with E-state index in [4.69, 9.17) is 5.11 Å². The fourth-order valence-corrected chi connectivity index (χ4v) is 0.519. The Kier molecular flexibility index (Phi) is 6.85. The highest BCUT2D eigenvalue weighted by atomic mass is 16.4. The zero-order valence-corrected chi connectivity index (χ0v) is 6.26. The molecule has 0 saturated carbocycles. The van der Waals surface area contributed by atoms with Gasteiger partial charge in [-0.15, -0.1) is 0 Å². The van der Waals surface area contributed by atoms with E-state index < -0.39 is 5.97 Å². The van der Waals surface area contributed by atoms with E-state index >= 15 is 0 Å². The Morgan fingerprint density at radius 2 is 1.73 bits per heavy atom. The number of carboxylic acids is 1. The van der Waals surface area contributed by atoms with Crippen molar-refractivity contribution in [2.24, 2.45) is 5.92 Å². The molecule has 0 atom stereocenters. The molecule has 0 aliphatic carbocycles. The molecule has 0 amide bonds. The Bertz CT molecular complexity index is 138. The van der Waals surface area contributed by atoms with Gasteiger partial charge in [-0.25, -0.2) is 0 Å². The second-order valence-corrected chi connectivity index (χ2v) is 2.51. The molecule has 1 N–H and O–H groups in total. The number of carbonyl (C=O) groups is 2. The Balaban J connectivity index is 0. The van der Waals surface area contributed by atoms with E-state index in [9.17, 15) is 9.59 Å². The molecule has 0 aliphatic rings. The fourth-order valence-electron chi connectivity index (χ4n) is 0.519. The summed E-state index contributed by atoms with van der Waals surface area (Å²) >= 11 is 0. The SMILES string of the molecule is C.CC(C)C(=O)CCC(=O)O. The van der Waals surface area contributed by atoms with Gasteiger partial charge in [0.1, 0.15) is 5.78 Å². The molecule has 0 radical (unpaired) electrons. The van der Waals surface area contributed by atoms with Crippen molar-refractivity contribution >= 4 is 11.8 Å². The lowest BCUT2D eigenvalue weighted by Gasteiger charge is -1.99. The second kappa shape index (κ2) is 5.89. The summed E-state index contributed by atoms with van der Waals surface area (Å²) in [5.74, 6) is -0.934. The van der Waals surface area contributed by atoms with Gasteiger partial charge in [0.15, 0.2) is 0 Å². The van der Waals surface area contributed by atoms with Gasteiger partial charge in [-0.3, -0.25) is 9.59 Å². The van der Waals surface area contributed by atoms with Gasteiger partial charge in [0.05, 0.1) is 6.42 Å². The summed E-state index contributed by atoms with van der Waals surface area (Å²) in [7, 11) is 0. The maximum absolute atomic E-state index is 10.8. The van der Waals surface area contributed by atoms with Gasteiger partial charge in [0, 0.05) is 12.3 Å². The lowest BCUT2D eigenvalue weighted by molar-refractivity contribution is -0.138. The average Bonchev–Trinajstić information content (AvgIpc) is 1.82. The first-order valence-corrected chi connectivity index (χ1v) is 3.28.